The molecule has 0 amide bonds. The van der Waals surface area contributed by atoms with E-state index in [1.165, 1.54) is 11.8 Å². The van der Waals surface area contributed by atoms with Crippen LogP contribution in [0, 0.1) is 0 Å². The highest BCUT2D eigenvalue weighted by atomic mass is 32.2. The molecule has 0 N–H and O–H groups in total. The molecule has 0 aromatic carbocycles. The van der Waals surface area contributed by atoms with Crippen molar-refractivity contribution in [2.75, 3.05) is 6.26 Å². The van der Waals surface area contributed by atoms with Crippen LogP contribution in [0.4, 0.5) is 0 Å². The average Bonchev–Trinajstić information content (AvgIpc) is 3.18. The van der Waals surface area contributed by atoms with E-state index in [2.05, 4.69) is 20.4 Å². The molecule has 3 rings (SSSR count). The van der Waals surface area contributed by atoms with Crippen LogP contribution in [-0.4, -0.2) is 26.7 Å². The first-order valence-corrected chi connectivity index (χ1v) is 8.03. The maximum Gasteiger partial charge on any atom is 0.283 e. The second kappa shape index (κ2) is 6.14. The molecule has 3 aromatic heterocycles. The Kier molecular flexibility index (Phi) is 4.07. The van der Waals surface area contributed by atoms with Crippen LogP contribution in [0.1, 0.15) is 11.8 Å². The molecule has 0 atom stereocenters. The van der Waals surface area contributed by atoms with Gasteiger partial charge in [0.15, 0.2) is 5.76 Å². The van der Waals surface area contributed by atoms with Gasteiger partial charge in [0.05, 0.1) is 17.8 Å². The van der Waals surface area contributed by atoms with Crippen LogP contribution < -0.4 is 0 Å². The summed E-state index contributed by atoms with van der Waals surface area (Å²) < 4.78 is 16.1. The Morgan fingerprint density at radius 3 is 2.70 bits per heavy atom. The first-order chi connectivity index (χ1) is 9.85. The summed E-state index contributed by atoms with van der Waals surface area (Å²) in [5.74, 6) is 3.17. The summed E-state index contributed by atoms with van der Waals surface area (Å²) in [6.45, 7) is 0. The topological polar surface area (TPSA) is 91.0 Å². The van der Waals surface area contributed by atoms with Crippen molar-refractivity contribution in [2.24, 2.45) is 0 Å². The number of aromatic nitrogens is 4. The zero-order valence-electron chi connectivity index (χ0n) is 10.5. The predicted octanol–water partition coefficient (Wildman–Crippen LogP) is 2.87. The summed E-state index contributed by atoms with van der Waals surface area (Å²) in [4.78, 5) is 0. The molecule has 9 heteroatoms. The van der Waals surface area contributed by atoms with E-state index in [9.17, 15) is 0 Å². The maximum absolute atomic E-state index is 5.47. The molecule has 0 saturated heterocycles. The molecule has 104 valence electrons. The molecule has 0 unspecified atom stereocenters. The Labute approximate surface area is 122 Å². The van der Waals surface area contributed by atoms with Crippen molar-refractivity contribution in [3.8, 4) is 11.7 Å². The van der Waals surface area contributed by atoms with Gasteiger partial charge in [-0.05, 0) is 18.4 Å². The van der Waals surface area contributed by atoms with E-state index < -0.39 is 0 Å². The molecule has 0 saturated carbocycles. The molecule has 0 aliphatic carbocycles. The summed E-state index contributed by atoms with van der Waals surface area (Å²) in [6.07, 6.45) is 3.53. The van der Waals surface area contributed by atoms with Crippen LogP contribution in [0.3, 0.4) is 0 Å². The molecule has 0 radical (unpaired) electrons. The number of rotatable bonds is 6. The summed E-state index contributed by atoms with van der Waals surface area (Å²) in [5, 5.41) is 16.2. The predicted molar refractivity (Wildman–Crippen MR) is 73.1 cm³/mol. The van der Waals surface area contributed by atoms with E-state index in [0.29, 0.717) is 40.2 Å². The SMILES string of the molecule is CSCc1nnc(SCc2nnc(-c3ccco3)o2)o1. The third-order valence-electron chi connectivity index (χ3n) is 2.23. The van der Waals surface area contributed by atoms with Crippen molar-refractivity contribution >= 4 is 23.5 Å². The maximum atomic E-state index is 5.47. The minimum absolute atomic E-state index is 0.360. The molecule has 3 aromatic rings. The molecule has 0 aliphatic heterocycles. The van der Waals surface area contributed by atoms with Gasteiger partial charge in [0, 0.05) is 0 Å². The molecular formula is C11H10N4O3S2. The largest absolute Gasteiger partial charge is 0.459 e. The number of furan rings is 1. The average molecular weight is 310 g/mol. The van der Waals surface area contributed by atoms with Crippen LogP contribution in [0.2, 0.25) is 0 Å². The monoisotopic (exact) mass is 310 g/mol. The van der Waals surface area contributed by atoms with Crippen molar-refractivity contribution in [2.45, 2.75) is 16.7 Å². The van der Waals surface area contributed by atoms with Crippen molar-refractivity contribution in [3.63, 3.8) is 0 Å². The van der Waals surface area contributed by atoms with Gasteiger partial charge in [-0.3, -0.25) is 0 Å². The molecule has 0 aliphatic rings. The standard InChI is InChI=1S/C11H10N4O3S2/c1-19-5-8-13-15-11(18-8)20-6-9-12-14-10(17-9)7-3-2-4-16-7/h2-4H,5-6H2,1H3. The molecular weight excluding hydrogens is 300 g/mol. The van der Waals surface area contributed by atoms with Crippen molar-refractivity contribution in [1.29, 1.82) is 0 Å². The third-order valence-corrected chi connectivity index (χ3v) is 3.57. The number of nitrogens with zero attached hydrogens (tertiary/aromatic N) is 4. The van der Waals surface area contributed by atoms with E-state index in [1.54, 1.807) is 30.2 Å². The molecule has 0 fully saturated rings. The number of hydrogen-bond acceptors (Lipinski definition) is 9. The van der Waals surface area contributed by atoms with Gasteiger partial charge < -0.3 is 13.3 Å². The van der Waals surface area contributed by atoms with Gasteiger partial charge in [-0.2, -0.15) is 11.8 Å². The lowest BCUT2D eigenvalue weighted by atomic mass is 10.5. The highest BCUT2D eigenvalue weighted by molar-refractivity contribution is 7.98. The Morgan fingerprint density at radius 1 is 1.05 bits per heavy atom. The van der Waals surface area contributed by atoms with Crippen molar-refractivity contribution in [1.82, 2.24) is 20.4 Å². The molecule has 7 nitrogen and oxygen atoms in total. The highest BCUT2D eigenvalue weighted by Crippen LogP contribution is 2.24. The lowest BCUT2D eigenvalue weighted by molar-refractivity contribution is 0.425. The van der Waals surface area contributed by atoms with E-state index in [-0.39, 0.29) is 0 Å². The summed E-state index contributed by atoms with van der Waals surface area (Å²) in [6, 6.07) is 3.52. The normalized spacial score (nSPS) is 11.1. The van der Waals surface area contributed by atoms with Crippen LogP contribution in [-0.2, 0) is 11.5 Å². The fraction of sp³-hybridized carbons (Fsp3) is 0.273. The van der Waals surface area contributed by atoms with Gasteiger partial charge in [-0.1, -0.05) is 11.8 Å². The molecule has 0 bridgehead atoms. The minimum atomic E-state index is 0.360. The van der Waals surface area contributed by atoms with E-state index in [0.717, 1.165) is 0 Å². The zero-order valence-corrected chi connectivity index (χ0v) is 12.1. The van der Waals surface area contributed by atoms with E-state index >= 15 is 0 Å². The molecule has 0 spiro atoms. The first-order valence-electron chi connectivity index (χ1n) is 5.65. The summed E-state index contributed by atoms with van der Waals surface area (Å²) in [5.41, 5.74) is 0. The van der Waals surface area contributed by atoms with E-state index in [4.69, 9.17) is 13.3 Å². The van der Waals surface area contributed by atoms with Crippen LogP contribution in [0.25, 0.3) is 11.7 Å². The smallest absolute Gasteiger partial charge is 0.283 e. The lowest BCUT2D eigenvalue weighted by Crippen LogP contribution is -1.80. The summed E-state index contributed by atoms with van der Waals surface area (Å²) in [7, 11) is 0. The van der Waals surface area contributed by atoms with Gasteiger partial charge in [0.25, 0.3) is 11.1 Å². The van der Waals surface area contributed by atoms with Gasteiger partial charge in [0.2, 0.25) is 11.8 Å². The van der Waals surface area contributed by atoms with E-state index in [1.807, 2.05) is 6.26 Å². The van der Waals surface area contributed by atoms with Gasteiger partial charge in [-0.15, -0.1) is 20.4 Å². The minimum Gasteiger partial charge on any atom is -0.459 e. The third kappa shape index (κ3) is 3.05. The first kappa shape index (κ1) is 13.3. The lowest BCUT2D eigenvalue weighted by Gasteiger charge is -1.90. The summed E-state index contributed by atoms with van der Waals surface area (Å²) >= 11 is 2.98. The highest BCUT2D eigenvalue weighted by Gasteiger charge is 2.13. The Morgan fingerprint density at radius 2 is 1.90 bits per heavy atom. The zero-order chi connectivity index (χ0) is 13.8. The Hall–Kier alpha value is -1.74. The van der Waals surface area contributed by atoms with Gasteiger partial charge >= 0.3 is 0 Å². The van der Waals surface area contributed by atoms with Crippen LogP contribution in [0.5, 0.6) is 0 Å². The Balaban J connectivity index is 1.60. The van der Waals surface area contributed by atoms with Crippen molar-refractivity contribution < 1.29 is 13.3 Å². The van der Waals surface area contributed by atoms with Crippen LogP contribution in [0.15, 0.2) is 36.9 Å². The molecule has 3 heterocycles. The molecule has 20 heavy (non-hydrogen) atoms. The van der Waals surface area contributed by atoms with Crippen molar-refractivity contribution in [3.05, 3.63) is 30.2 Å². The Bertz CT molecular complexity index is 665. The fourth-order valence-corrected chi connectivity index (χ4v) is 2.39. The number of hydrogen-bond donors (Lipinski definition) is 0. The fourth-order valence-electron chi connectivity index (χ4n) is 1.41. The quantitative estimate of drug-likeness (QED) is 0.637. The van der Waals surface area contributed by atoms with Gasteiger partial charge in [0.1, 0.15) is 0 Å². The second-order valence-corrected chi connectivity index (χ2v) is 5.45. The number of thioether (sulfide) groups is 2. The second-order valence-electron chi connectivity index (χ2n) is 3.66. The van der Waals surface area contributed by atoms with Gasteiger partial charge in [-0.25, -0.2) is 0 Å². The van der Waals surface area contributed by atoms with Crippen LogP contribution >= 0.6 is 23.5 Å².